The lowest BCUT2D eigenvalue weighted by atomic mass is 10.0. The largest absolute Gasteiger partial charge is 0.467 e. The molecule has 0 aromatic carbocycles. The highest BCUT2D eigenvalue weighted by Gasteiger charge is 2.30. The first-order valence-electron chi connectivity index (χ1n) is 7.90. The van der Waals surface area contributed by atoms with Crippen molar-refractivity contribution in [2.24, 2.45) is 0 Å². The van der Waals surface area contributed by atoms with E-state index >= 15 is 0 Å². The number of rotatable bonds is 5. The number of nitrogens with zero attached hydrogens (tertiary/aromatic N) is 1. The molecule has 4 heteroatoms. The van der Waals surface area contributed by atoms with Gasteiger partial charge in [-0.2, -0.15) is 0 Å². The summed E-state index contributed by atoms with van der Waals surface area (Å²) in [5.41, 5.74) is 0. The molecule has 3 atom stereocenters. The fraction of sp³-hybridized carbons (Fsp3) is 0.750. The third-order valence-corrected chi connectivity index (χ3v) is 4.58. The lowest BCUT2D eigenvalue weighted by Gasteiger charge is -2.31. The first-order chi connectivity index (χ1) is 9.83. The summed E-state index contributed by atoms with van der Waals surface area (Å²) in [5, 5.41) is 10.2. The van der Waals surface area contributed by atoms with Crippen LogP contribution in [0.4, 0.5) is 0 Å². The second-order valence-electron chi connectivity index (χ2n) is 6.05. The third kappa shape index (κ3) is 3.43. The molecule has 4 nitrogen and oxygen atoms in total. The van der Waals surface area contributed by atoms with Gasteiger partial charge in [0, 0.05) is 19.2 Å². The second kappa shape index (κ2) is 6.74. The summed E-state index contributed by atoms with van der Waals surface area (Å²) in [5.74, 6) is 0.686. The third-order valence-electron chi connectivity index (χ3n) is 4.58. The second-order valence-corrected chi connectivity index (χ2v) is 6.05. The first-order valence-corrected chi connectivity index (χ1v) is 7.90. The molecule has 0 bridgehead atoms. The number of likely N-dealkylation sites (tertiary alicyclic amines) is 1. The minimum atomic E-state index is -0.483. The van der Waals surface area contributed by atoms with Crippen molar-refractivity contribution in [3.05, 3.63) is 24.2 Å². The number of furan rings is 1. The van der Waals surface area contributed by atoms with Gasteiger partial charge in [-0.25, -0.2) is 0 Å². The van der Waals surface area contributed by atoms with Gasteiger partial charge in [-0.3, -0.25) is 4.90 Å². The standard InChI is InChI=1S/C16H25NO3/c18-15(16-7-4-10-20-16)11-13-5-3-8-17(13)12-14-6-1-2-9-19-14/h4,7,10,13-15,18H,1-3,5-6,8-9,11-12H2. The van der Waals surface area contributed by atoms with Crippen LogP contribution in [0.3, 0.4) is 0 Å². The predicted octanol–water partition coefficient (Wildman–Crippen LogP) is 2.74. The van der Waals surface area contributed by atoms with Gasteiger partial charge >= 0.3 is 0 Å². The molecule has 0 spiro atoms. The van der Waals surface area contributed by atoms with E-state index in [9.17, 15) is 5.11 Å². The van der Waals surface area contributed by atoms with Gasteiger partial charge in [0.05, 0.1) is 12.4 Å². The molecule has 2 saturated heterocycles. The zero-order chi connectivity index (χ0) is 13.8. The molecular formula is C16H25NO3. The minimum absolute atomic E-state index is 0.394. The molecule has 0 amide bonds. The molecule has 1 aromatic heterocycles. The van der Waals surface area contributed by atoms with E-state index in [4.69, 9.17) is 9.15 Å². The summed E-state index contributed by atoms with van der Waals surface area (Å²) in [6, 6.07) is 4.15. The summed E-state index contributed by atoms with van der Waals surface area (Å²) in [4.78, 5) is 2.50. The van der Waals surface area contributed by atoms with E-state index in [0.29, 0.717) is 17.9 Å². The van der Waals surface area contributed by atoms with Crippen molar-refractivity contribution in [1.29, 1.82) is 0 Å². The highest BCUT2D eigenvalue weighted by atomic mass is 16.5. The smallest absolute Gasteiger partial charge is 0.132 e. The molecule has 0 radical (unpaired) electrons. The van der Waals surface area contributed by atoms with Gasteiger partial charge in [0.15, 0.2) is 0 Å². The molecule has 3 heterocycles. The van der Waals surface area contributed by atoms with Gasteiger partial charge in [0.1, 0.15) is 11.9 Å². The van der Waals surface area contributed by atoms with Gasteiger partial charge in [-0.15, -0.1) is 0 Å². The van der Waals surface area contributed by atoms with E-state index in [2.05, 4.69) is 4.90 Å². The summed E-state index contributed by atoms with van der Waals surface area (Å²) in [6.45, 7) is 3.07. The summed E-state index contributed by atoms with van der Waals surface area (Å²) in [6.07, 6.45) is 8.38. The minimum Gasteiger partial charge on any atom is -0.467 e. The molecule has 0 aliphatic carbocycles. The summed E-state index contributed by atoms with van der Waals surface area (Å²) in [7, 11) is 0. The average Bonchev–Trinajstić information content (AvgIpc) is 3.12. The van der Waals surface area contributed by atoms with Gasteiger partial charge in [0.2, 0.25) is 0 Å². The average molecular weight is 279 g/mol. The van der Waals surface area contributed by atoms with Crippen molar-refractivity contribution >= 4 is 0 Å². The van der Waals surface area contributed by atoms with E-state index in [-0.39, 0.29) is 0 Å². The molecule has 3 unspecified atom stereocenters. The Kier molecular flexibility index (Phi) is 4.76. The maximum Gasteiger partial charge on any atom is 0.132 e. The Morgan fingerprint density at radius 1 is 1.30 bits per heavy atom. The van der Waals surface area contributed by atoms with Crippen LogP contribution in [0, 0.1) is 0 Å². The predicted molar refractivity (Wildman–Crippen MR) is 76.5 cm³/mol. The summed E-state index contributed by atoms with van der Waals surface area (Å²) < 4.78 is 11.1. The van der Waals surface area contributed by atoms with Crippen molar-refractivity contribution in [2.75, 3.05) is 19.7 Å². The topological polar surface area (TPSA) is 45.8 Å². The number of ether oxygens (including phenoxy) is 1. The Labute approximate surface area is 120 Å². The number of aliphatic hydroxyl groups is 1. The van der Waals surface area contributed by atoms with Crippen molar-refractivity contribution in [3.8, 4) is 0 Å². The maximum absolute atomic E-state index is 10.2. The monoisotopic (exact) mass is 279 g/mol. The quantitative estimate of drug-likeness (QED) is 0.900. The fourth-order valence-electron chi connectivity index (χ4n) is 3.47. The number of hydrogen-bond acceptors (Lipinski definition) is 4. The van der Waals surface area contributed by atoms with Crippen LogP contribution in [0.25, 0.3) is 0 Å². The Hall–Kier alpha value is -0.840. The lowest BCUT2D eigenvalue weighted by Crippen LogP contribution is -2.39. The zero-order valence-corrected chi connectivity index (χ0v) is 12.0. The number of aliphatic hydroxyl groups excluding tert-OH is 1. The van der Waals surface area contributed by atoms with E-state index in [1.807, 2.05) is 12.1 Å². The van der Waals surface area contributed by atoms with E-state index in [1.54, 1.807) is 6.26 Å². The van der Waals surface area contributed by atoms with Crippen molar-refractivity contribution < 1.29 is 14.3 Å². The SMILES string of the molecule is OC(CC1CCCN1CC1CCCCO1)c1ccco1. The molecule has 3 rings (SSSR count). The van der Waals surface area contributed by atoms with Crippen LogP contribution in [-0.4, -0.2) is 41.8 Å². The van der Waals surface area contributed by atoms with Gasteiger partial charge in [-0.1, -0.05) is 0 Å². The lowest BCUT2D eigenvalue weighted by molar-refractivity contribution is -0.0121. The summed E-state index contributed by atoms with van der Waals surface area (Å²) >= 11 is 0. The molecule has 112 valence electrons. The van der Waals surface area contributed by atoms with Crippen LogP contribution in [-0.2, 0) is 4.74 Å². The van der Waals surface area contributed by atoms with E-state index in [1.165, 1.54) is 32.1 Å². The highest BCUT2D eigenvalue weighted by molar-refractivity contribution is 5.02. The normalized spacial score (nSPS) is 29.6. The maximum atomic E-state index is 10.2. The molecule has 1 aromatic rings. The fourth-order valence-corrected chi connectivity index (χ4v) is 3.47. The zero-order valence-electron chi connectivity index (χ0n) is 12.0. The van der Waals surface area contributed by atoms with Crippen molar-refractivity contribution in [2.45, 2.75) is 56.8 Å². The van der Waals surface area contributed by atoms with Crippen LogP contribution in [0.5, 0.6) is 0 Å². The Bertz CT molecular complexity index is 386. The molecule has 1 N–H and O–H groups in total. The van der Waals surface area contributed by atoms with Crippen molar-refractivity contribution in [3.63, 3.8) is 0 Å². The number of hydrogen-bond donors (Lipinski definition) is 1. The Morgan fingerprint density at radius 3 is 3.00 bits per heavy atom. The van der Waals surface area contributed by atoms with E-state index in [0.717, 1.165) is 26.1 Å². The molecule has 20 heavy (non-hydrogen) atoms. The molecule has 0 saturated carbocycles. The van der Waals surface area contributed by atoms with Gasteiger partial charge in [-0.05, 0) is 57.2 Å². The Balaban J connectivity index is 1.52. The molecular weight excluding hydrogens is 254 g/mol. The van der Waals surface area contributed by atoms with Crippen LogP contribution < -0.4 is 0 Å². The van der Waals surface area contributed by atoms with Gasteiger partial charge in [0.25, 0.3) is 0 Å². The van der Waals surface area contributed by atoms with Crippen molar-refractivity contribution in [1.82, 2.24) is 4.90 Å². The van der Waals surface area contributed by atoms with E-state index < -0.39 is 6.10 Å². The van der Waals surface area contributed by atoms with Crippen LogP contribution in [0.15, 0.2) is 22.8 Å². The van der Waals surface area contributed by atoms with Gasteiger partial charge < -0.3 is 14.3 Å². The van der Waals surface area contributed by atoms with Crippen LogP contribution in [0.1, 0.15) is 50.4 Å². The molecule has 2 fully saturated rings. The first kappa shape index (κ1) is 14.1. The molecule has 2 aliphatic heterocycles. The molecule has 2 aliphatic rings. The van der Waals surface area contributed by atoms with Crippen LogP contribution in [0.2, 0.25) is 0 Å². The van der Waals surface area contributed by atoms with Crippen LogP contribution >= 0.6 is 0 Å². The Morgan fingerprint density at radius 2 is 2.25 bits per heavy atom. The highest BCUT2D eigenvalue weighted by Crippen LogP contribution is 2.28.